The maximum Gasteiger partial charge on any atom is 0.306 e. The van der Waals surface area contributed by atoms with Crippen LogP contribution in [0.4, 0.5) is 0 Å². The number of hydrogen-bond acceptors (Lipinski definition) is 17. The highest BCUT2D eigenvalue weighted by atomic mass is 32.2. The van der Waals surface area contributed by atoms with Gasteiger partial charge in [0.15, 0.2) is 5.04 Å². The third kappa shape index (κ3) is 31.1. The van der Waals surface area contributed by atoms with E-state index >= 15 is 0 Å². The smallest absolute Gasteiger partial charge is 0.306 e. The number of sulfonamides is 1. The standard InChI is InChI=1S/C18H31N5O2.C17H18O3.C8H17N3O2S.2C5H8O3.5C2H6/c1-13(16-11-17(16,12-16)14(2)24)10-23(19)9-8-22-15(25)18(20-3)4-6-21-7-5-18;1-17(11-2-12-18,13-3-7-15(19)8-4-13)14-5-9-16(20)10-6-14;1-5-6-8(11-10-7(2)3)14(12,13)9-4;2*1-4(2-3-6)5(7)8;5*1-2/h10,20-21H,4-9,11-12,19H2,1-3H3,(H,22,25);3-10,12,19-20H,2,11H2,1H3;9H,5-6H2,1-4H3;2*3-4H,2H2,1H3,(H,7,8);5*1-2H3/b13-10+;;11-8+;;;;;;;. The summed E-state index contributed by atoms with van der Waals surface area (Å²) in [6.45, 7) is 37.0. The molecule has 3 aliphatic rings. The summed E-state index contributed by atoms with van der Waals surface area (Å²) in [5.41, 5.74) is 3.18. The van der Waals surface area contributed by atoms with Crippen LogP contribution in [0.3, 0.4) is 0 Å². The summed E-state index contributed by atoms with van der Waals surface area (Å²) in [5.74, 6) is 3.94. The van der Waals surface area contributed by atoms with Crippen LogP contribution in [0.5, 0.6) is 11.5 Å². The molecule has 22 heteroatoms. The number of ketones is 1. The zero-order valence-electron chi connectivity index (χ0n) is 55.3. The predicted molar refractivity (Wildman–Crippen MR) is 345 cm³/mol. The van der Waals surface area contributed by atoms with Crippen molar-refractivity contribution in [3.63, 3.8) is 0 Å². The third-order valence-corrected chi connectivity index (χ3v) is 15.0. The van der Waals surface area contributed by atoms with Crippen LogP contribution in [0, 0.1) is 22.7 Å². The molecule has 3 fully saturated rings. The molecule has 1 heterocycles. The first-order valence-corrected chi connectivity index (χ1v) is 31.4. The fourth-order valence-corrected chi connectivity index (χ4v) is 9.02. The van der Waals surface area contributed by atoms with E-state index in [1.54, 1.807) is 50.0 Å². The second-order valence-corrected chi connectivity index (χ2v) is 21.3. The summed E-state index contributed by atoms with van der Waals surface area (Å²) in [6, 6.07) is 14.1. The Labute approximate surface area is 511 Å². The number of piperidine rings is 1. The van der Waals surface area contributed by atoms with E-state index in [1.165, 1.54) is 26.5 Å². The number of allylic oxidation sites excluding steroid dienone is 1. The van der Waals surface area contributed by atoms with Gasteiger partial charge in [0.1, 0.15) is 36.1 Å². The van der Waals surface area contributed by atoms with Crippen LogP contribution < -0.4 is 26.5 Å². The second-order valence-electron chi connectivity index (χ2n) is 19.4. The molecule has 0 radical (unpaired) electrons. The molecule has 2 aromatic rings. The lowest BCUT2D eigenvalue weighted by Crippen LogP contribution is -2.60. The molecule has 2 atom stereocenters. The number of aromatic hydroxyl groups is 2. The van der Waals surface area contributed by atoms with E-state index in [-0.39, 0.29) is 51.5 Å². The topological polar surface area (TPSA) is 337 Å². The summed E-state index contributed by atoms with van der Waals surface area (Å²) >= 11 is 0. The van der Waals surface area contributed by atoms with Gasteiger partial charge in [-0.3, -0.25) is 19.2 Å². The van der Waals surface area contributed by atoms with Crippen LogP contribution in [0.15, 0.2) is 70.5 Å². The lowest BCUT2D eigenvalue weighted by molar-refractivity contribution is -0.142. The highest BCUT2D eigenvalue weighted by Gasteiger charge is 2.86. The van der Waals surface area contributed by atoms with Crippen LogP contribution >= 0.6 is 0 Å². The van der Waals surface area contributed by atoms with Crippen LogP contribution in [0.25, 0.3) is 0 Å². The third-order valence-electron chi connectivity index (χ3n) is 13.6. The molecule has 1 amide bonds. The Kier molecular flexibility index (Phi) is 49.4. The first-order valence-electron chi connectivity index (χ1n) is 29.9. The number of carboxylic acids is 2. The lowest BCUT2D eigenvalue weighted by atomic mass is 9.73. The molecular weight excluding hydrogens is 1110 g/mol. The molecule has 0 spiro atoms. The first kappa shape index (κ1) is 87.6. The van der Waals surface area contributed by atoms with E-state index in [4.69, 9.17) is 16.1 Å². The van der Waals surface area contributed by atoms with Crippen molar-refractivity contribution in [1.29, 1.82) is 0 Å². The van der Waals surface area contributed by atoms with Crippen LogP contribution in [-0.4, -0.2) is 133 Å². The second kappa shape index (κ2) is 48.0. The number of amides is 1. The summed E-state index contributed by atoms with van der Waals surface area (Å²) in [5, 5.41) is 53.8. The molecule has 2 aliphatic carbocycles. The number of carbonyl (C=O) groups is 7. The minimum absolute atomic E-state index is 0.0455. The summed E-state index contributed by atoms with van der Waals surface area (Å²) in [4.78, 5) is 74.1. The number of hydrogen-bond donors (Lipinski definition) is 9. The number of nitrogens with one attached hydrogen (secondary N) is 4. The summed E-state index contributed by atoms with van der Waals surface area (Å²) in [7, 11) is -0.216. The van der Waals surface area contributed by atoms with Crippen molar-refractivity contribution in [2.45, 2.75) is 200 Å². The average Bonchev–Trinajstić information content (AvgIpc) is 1.46. The number of fused-ring (bicyclic) bond motifs is 1. The minimum atomic E-state index is -3.43. The number of Topliss-reactive ketones (excluding diaryl/α,β-unsaturated/α-hetero) is 1. The van der Waals surface area contributed by atoms with Gasteiger partial charge in [0.05, 0.1) is 23.9 Å². The van der Waals surface area contributed by atoms with Gasteiger partial charge in [-0.1, -0.05) is 121 Å². The molecule has 5 rings (SSSR count). The number of likely N-dealkylation sites (N-methyl/N-ethyl adjacent to an activating group) is 1. The fourth-order valence-electron chi connectivity index (χ4n) is 8.16. The molecule has 1 saturated heterocycles. The largest absolute Gasteiger partial charge is 0.508 e. The quantitative estimate of drug-likeness (QED) is 0.0164. The van der Waals surface area contributed by atoms with Crippen molar-refractivity contribution in [1.82, 2.24) is 25.7 Å². The number of nitrogens with zero attached hydrogens (tertiary/aromatic N) is 3. The molecule has 2 aromatic carbocycles. The monoisotopic (exact) mass is 1220 g/mol. The van der Waals surface area contributed by atoms with Crippen molar-refractivity contribution in [2.24, 2.45) is 38.7 Å². The molecule has 0 aromatic heterocycles. The van der Waals surface area contributed by atoms with E-state index in [9.17, 15) is 52.2 Å². The van der Waals surface area contributed by atoms with Gasteiger partial charge in [-0.15, -0.1) is 5.10 Å². The van der Waals surface area contributed by atoms with Gasteiger partial charge in [-0.2, -0.15) is 5.10 Å². The zero-order chi connectivity index (χ0) is 67.2. The Morgan fingerprint density at radius 2 is 1.15 bits per heavy atom. The number of aliphatic carboxylic acids is 2. The molecular formula is C63H112N8O13S. The van der Waals surface area contributed by atoms with E-state index in [2.05, 4.69) is 44.7 Å². The maximum absolute atomic E-state index is 12.5. The van der Waals surface area contributed by atoms with E-state index in [0.717, 1.165) is 68.3 Å². The van der Waals surface area contributed by atoms with E-state index in [1.807, 2.05) is 114 Å². The Hall–Kier alpha value is -6.20. The Bertz CT molecular complexity index is 2330. The van der Waals surface area contributed by atoms with Crippen molar-refractivity contribution < 1.29 is 62.4 Å². The number of hydrazine groups is 1. The molecule has 488 valence electrons. The SMILES string of the molecule is CC.CC.CC.CC.CC.CC(CC=O)C(=O)O.CC(CC=O)C(=O)O.CC(CCC=O)(c1ccc(O)cc1)c1ccc(O)cc1.CCC/C(=N\N=C(C)C)S(=O)(=O)NC.CNC1(C(=O)NCCN(N)/C=C(\C)C23CC2(C(C)=O)C3)CCNCC1. The number of nitrogens with two attached hydrogens (primary N) is 1. The maximum atomic E-state index is 12.5. The summed E-state index contributed by atoms with van der Waals surface area (Å²) < 4.78 is 25.0. The molecule has 85 heavy (non-hydrogen) atoms. The van der Waals surface area contributed by atoms with Crippen molar-refractivity contribution in [2.75, 3.05) is 40.3 Å². The van der Waals surface area contributed by atoms with Gasteiger partial charge >= 0.3 is 11.9 Å². The number of carboxylic acid groups (broad SMARTS) is 2. The van der Waals surface area contributed by atoms with Crippen LogP contribution in [0.2, 0.25) is 0 Å². The highest BCUT2D eigenvalue weighted by Crippen LogP contribution is 2.89. The molecule has 10 N–H and O–H groups in total. The van der Waals surface area contributed by atoms with Crippen LogP contribution in [-0.2, 0) is 49.0 Å². The number of rotatable bonds is 23. The number of benzene rings is 2. The predicted octanol–water partition coefficient (Wildman–Crippen LogP) is 10.1. The summed E-state index contributed by atoms with van der Waals surface area (Å²) in [6.07, 6.45) is 10.1. The molecule has 2 unspecified atom stereocenters. The molecule has 2 saturated carbocycles. The fraction of sp³-hybridized carbons (Fsp3) is 0.635. The van der Waals surface area contributed by atoms with Gasteiger partial charge in [-0.05, 0) is 134 Å². The lowest BCUT2D eigenvalue weighted by Gasteiger charge is -2.36. The Morgan fingerprint density at radius 3 is 1.46 bits per heavy atom. The normalized spacial score (nSPS) is 17.0. The van der Waals surface area contributed by atoms with Gasteiger partial charge in [0, 0.05) is 60.4 Å². The van der Waals surface area contributed by atoms with E-state index < -0.39 is 39.3 Å². The highest BCUT2D eigenvalue weighted by molar-refractivity contribution is 8.04. The van der Waals surface area contributed by atoms with Crippen molar-refractivity contribution in [3.05, 3.63) is 71.4 Å². The molecule has 0 bridgehead atoms. The first-order chi connectivity index (χ1) is 40.2. The molecule has 1 aliphatic heterocycles. The van der Waals surface area contributed by atoms with Gasteiger partial charge in [0.25, 0.3) is 10.0 Å². The van der Waals surface area contributed by atoms with Crippen molar-refractivity contribution in [3.8, 4) is 11.5 Å². The van der Waals surface area contributed by atoms with Crippen LogP contribution in [0.1, 0.15) is 200 Å². The van der Waals surface area contributed by atoms with Gasteiger partial charge in [0.2, 0.25) is 5.91 Å². The van der Waals surface area contributed by atoms with Gasteiger partial charge in [-0.25, -0.2) is 19.0 Å². The number of aldehydes is 3. The number of carbonyl (C=O) groups excluding carboxylic acids is 5. The Balaban J connectivity index is -0.000000320. The van der Waals surface area contributed by atoms with E-state index in [0.29, 0.717) is 50.7 Å². The minimum Gasteiger partial charge on any atom is -0.508 e. The Morgan fingerprint density at radius 1 is 0.729 bits per heavy atom. The number of phenolic OH excluding ortho intramolecular Hbond substituents is 2. The van der Waals surface area contributed by atoms with Gasteiger partial charge < -0.3 is 55.8 Å². The average molecular weight is 1220 g/mol. The molecule has 21 nitrogen and oxygen atoms in total. The number of phenols is 2. The zero-order valence-corrected chi connectivity index (χ0v) is 56.1. The van der Waals surface area contributed by atoms with Crippen molar-refractivity contribution >= 4 is 63.3 Å².